The van der Waals surface area contributed by atoms with Crippen molar-refractivity contribution in [3.05, 3.63) is 40.9 Å². The number of aromatic nitrogens is 2. The number of hydrogen-bond donors (Lipinski definition) is 3. The van der Waals surface area contributed by atoms with Crippen LogP contribution in [0.25, 0.3) is 10.1 Å². The van der Waals surface area contributed by atoms with Crippen molar-refractivity contribution in [2.45, 2.75) is 4.21 Å². The highest BCUT2D eigenvalue weighted by Crippen LogP contribution is 2.40. The summed E-state index contributed by atoms with van der Waals surface area (Å²) >= 11 is 0.850. The Bertz CT molecular complexity index is 964. The number of aromatic hydroxyl groups is 2. The smallest absolute Gasteiger partial charge is 0.342 e. The van der Waals surface area contributed by atoms with Crippen molar-refractivity contribution in [2.75, 3.05) is 0 Å². The van der Waals surface area contributed by atoms with E-state index in [4.69, 9.17) is 5.11 Å². The van der Waals surface area contributed by atoms with E-state index in [-0.39, 0.29) is 4.21 Å². The summed E-state index contributed by atoms with van der Waals surface area (Å²) in [5.41, 5.74) is -1.00. The van der Waals surface area contributed by atoms with Crippen LogP contribution >= 0.6 is 11.3 Å². The Balaban J connectivity index is 2.32. The van der Waals surface area contributed by atoms with Crippen molar-refractivity contribution in [3.63, 3.8) is 0 Å². The molecule has 0 aliphatic carbocycles. The summed E-state index contributed by atoms with van der Waals surface area (Å²) in [5.74, 6) is -0.975. The van der Waals surface area contributed by atoms with Crippen LogP contribution in [-0.2, 0) is 10.0 Å². The maximum atomic E-state index is 12.3. The van der Waals surface area contributed by atoms with Crippen LogP contribution in [0.2, 0.25) is 0 Å². The molecule has 2 heterocycles. The molecule has 20 heavy (non-hydrogen) atoms. The minimum Gasteiger partial charge on any atom is -0.505 e. The second-order valence-electron chi connectivity index (χ2n) is 3.98. The normalized spacial score (nSPS) is 12.0. The van der Waals surface area contributed by atoms with Crippen LogP contribution in [0.4, 0.5) is 0 Å². The zero-order valence-electron chi connectivity index (χ0n) is 9.77. The Morgan fingerprint density at radius 1 is 1.20 bits per heavy atom. The van der Waals surface area contributed by atoms with Crippen LogP contribution in [0.15, 0.2) is 39.5 Å². The minimum atomic E-state index is -4.26. The lowest BCUT2D eigenvalue weighted by molar-refractivity contribution is 0.455. The molecule has 2 aromatic heterocycles. The Kier molecular flexibility index (Phi) is 2.63. The first kappa shape index (κ1) is 12.8. The van der Waals surface area contributed by atoms with Crippen molar-refractivity contribution in [1.29, 1.82) is 0 Å². The number of rotatable bonds is 2. The van der Waals surface area contributed by atoms with E-state index in [9.17, 15) is 18.3 Å². The van der Waals surface area contributed by atoms with E-state index in [0.717, 1.165) is 17.5 Å². The van der Waals surface area contributed by atoms with Crippen molar-refractivity contribution in [2.24, 2.45) is 0 Å². The van der Waals surface area contributed by atoms with Gasteiger partial charge in [-0.05, 0) is 12.1 Å². The second-order valence-corrected chi connectivity index (χ2v) is 7.04. The number of hydrogen-bond acceptors (Lipinski definition) is 6. The molecule has 104 valence electrons. The van der Waals surface area contributed by atoms with Crippen LogP contribution in [0, 0.1) is 0 Å². The summed E-state index contributed by atoms with van der Waals surface area (Å²) < 4.78 is 25.3. The van der Waals surface area contributed by atoms with Crippen molar-refractivity contribution < 1.29 is 18.6 Å². The first-order valence-corrected chi connectivity index (χ1v) is 7.63. The second kappa shape index (κ2) is 4.12. The molecule has 3 rings (SSSR count). The topological polar surface area (TPSA) is 112 Å². The first-order chi connectivity index (χ1) is 9.41. The number of benzene rings is 1. The molecular weight excluding hydrogens is 304 g/mol. The number of H-pyrrole nitrogens is 1. The fraction of sp³-hybridized carbons (Fsp3) is 0. The van der Waals surface area contributed by atoms with Crippen LogP contribution in [0.3, 0.4) is 0 Å². The molecular formula is C11H8N2O5S2. The van der Waals surface area contributed by atoms with E-state index < -0.39 is 27.3 Å². The summed E-state index contributed by atoms with van der Waals surface area (Å²) in [5, 5.41) is 19.6. The SMILES string of the molecule is O=c1[nH]c(O)cn1S(=O)(=O)c1sc2ccccc2c1O. The van der Waals surface area contributed by atoms with Crippen molar-refractivity contribution >= 4 is 31.4 Å². The predicted octanol–water partition coefficient (Wildman–Crippen LogP) is 1.04. The molecule has 1 aromatic carbocycles. The average Bonchev–Trinajstić information content (AvgIpc) is 2.91. The highest BCUT2D eigenvalue weighted by molar-refractivity contribution is 7.92. The monoisotopic (exact) mass is 312 g/mol. The fourth-order valence-corrected chi connectivity index (χ4v) is 4.61. The van der Waals surface area contributed by atoms with E-state index in [1.807, 2.05) is 4.98 Å². The molecule has 0 fully saturated rings. The summed E-state index contributed by atoms with van der Waals surface area (Å²) in [4.78, 5) is 13.4. The molecule has 3 N–H and O–H groups in total. The summed E-state index contributed by atoms with van der Waals surface area (Å²) in [6.45, 7) is 0. The minimum absolute atomic E-state index is 0.347. The van der Waals surface area contributed by atoms with E-state index in [1.165, 1.54) is 0 Å². The summed E-state index contributed by atoms with van der Waals surface area (Å²) in [7, 11) is -4.26. The van der Waals surface area contributed by atoms with Crippen LogP contribution in [0.5, 0.6) is 11.6 Å². The molecule has 0 unspecified atom stereocenters. The summed E-state index contributed by atoms with van der Waals surface area (Å²) in [6.07, 6.45) is 0.751. The Hall–Kier alpha value is -2.26. The van der Waals surface area contributed by atoms with Gasteiger partial charge in [-0.2, -0.15) is 12.4 Å². The molecule has 0 amide bonds. The van der Waals surface area contributed by atoms with Gasteiger partial charge in [-0.3, -0.25) is 4.98 Å². The van der Waals surface area contributed by atoms with Gasteiger partial charge < -0.3 is 10.2 Å². The number of fused-ring (bicyclic) bond motifs is 1. The van der Waals surface area contributed by atoms with Gasteiger partial charge in [0.2, 0.25) is 5.88 Å². The molecule has 0 bridgehead atoms. The maximum Gasteiger partial charge on any atom is 0.342 e. The largest absolute Gasteiger partial charge is 0.505 e. The van der Waals surface area contributed by atoms with Gasteiger partial charge in [-0.15, -0.1) is 11.3 Å². The number of thiophene rings is 1. The third-order valence-electron chi connectivity index (χ3n) is 2.71. The molecule has 0 radical (unpaired) electrons. The molecule has 7 nitrogen and oxygen atoms in total. The molecule has 0 aliphatic heterocycles. The number of nitrogens with zero attached hydrogens (tertiary/aromatic N) is 1. The lowest BCUT2D eigenvalue weighted by Gasteiger charge is -2.01. The lowest BCUT2D eigenvalue weighted by Crippen LogP contribution is -2.23. The molecule has 0 atom stereocenters. The molecule has 0 saturated carbocycles. The van der Waals surface area contributed by atoms with Gasteiger partial charge in [0.05, 0.1) is 6.20 Å². The Morgan fingerprint density at radius 3 is 2.50 bits per heavy atom. The molecule has 9 heteroatoms. The van der Waals surface area contributed by atoms with Gasteiger partial charge in [0, 0.05) is 10.1 Å². The summed E-state index contributed by atoms with van der Waals surface area (Å²) in [6, 6.07) is 6.62. The molecule has 3 aromatic rings. The lowest BCUT2D eigenvalue weighted by atomic mass is 10.2. The van der Waals surface area contributed by atoms with Crippen LogP contribution in [-0.4, -0.2) is 27.6 Å². The van der Waals surface area contributed by atoms with E-state index in [0.29, 0.717) is 14.1 Å². The van der Waals surface area contributed by atoms with Crippen molar-refractivity contribution in [3.8, 4) is 11.6 Å². The quantitative estimate of drug-likeness (QED) is 0.654. The number of imidazole rings is 1. The highest BCUT2D eigenvalue weighted by atomic mass is 32.2. The first-order valence-electron chi connectivity index (χ1n) is 5.38. The van der Waals surface area contributed by atoms with Gasteiger partial charge in [0.1, 0.15) is 0 Å². The third-order valence-corrected chi connectivity index (χ3v) is 5.99. The predicted molar refractivity (Wildman–Crippen MR) is 72.8 cm³/mol. The zero-order chi connectivity index (χ0) is 14.5. The van der Waals surface area contributed by atoms with Crippen LogP contribution in [0.1, 0.15) is 0 Å². The maximum absolute atomic E-state index is 12.3. The van der Waals surface area contributed by atoms with Gasteiger partial charge in [-0.25, -0.2) is 4.79 Å². The standard InChI is InChI=1S/C11H8N2O5S2/c14-8-5-13(11(16)12-8)20(17,18)10-9(15)6-3-1-2-4-7(6)19-10/h1-5,14-15H,(H,12,16). The number of nitrogens with one attached hydrogen (secondary N) is 1. The van der Waals surface area contributed by atoms with Crippen molar-refractivity contribution in [1.82, 2.24) is 8.96 Å². The van der Waals surface area contributed by atoms with Gasteiger partial charge >= 0.3 is 5.69 Å². The highest BCUT2D eigenvalue weighted by Gasteiger charge is 2.27. The van der Waals surface area contributed by atoms with E-state index in [2.05, 4.69) is 0 Å². The molecule has 0 saturated heterocycles. The third kappa shape index (κ3) is 1.71. The number of aromatic amines is 1. The fourth-order valence-electron chi connectivity index (χ4n) is 1.82. The van der Waals surface area contributed by atoms with Gasteiger partial charge in [0.25, 0.3) is 10.0 Å². The average molecular weight is 312 g/mol. The zero-order valence-corrected chi connectivity index (χ0v) is 11.4. The molecule has 0 aliphatic rings. The molecule has 0 spiro atoms. The van der Waals surface area contributed by atoms with Gasteiger partial charge in [0.15, 0.2) is 9.96 Å². The van der Waals surface area contributed by atoms with Gasteiger partial charge in [-0.1, -0.05) is 12.1 Å². The Morgan fingerprint density at radius 2 is 1.90 bits per heavy atom. The Labute approximate surface area is 116 Å². The van der Waals surface area contributed by atoms with E-state index >= 15 is 0 Å². The van der Waals surface area contributed by atoms with Crippen LogP contribution < -0.4 is 5.69 Å². The van der Waals surface area contributed by atoms with E-state index in [1.54, 1.807) is 24.3 Å².